The molecule has 3 atom stereocenters. The summed E-state index contributed by atoms with van der Waals surface area (Å²) in [6.07, 6.45) is 1.21. The molecule has 0 saturated heterocycles. The SMILES string of the molecule is CC(C)C1NCCn2c(C3CC3c3ccccc3)nnc21. The first-order chi connectivity index (χ1) is 10.3. The van der Waals surface area contributed by atoms with Crippen molar-refractivity contribution in [2.75, 3.05) is 6.54 Å². The summed E-state index contributed by atoms with van der Waals surface area (Å²) in [5.74, 6) is 4.06. The maximum Gasteiger partial charge on any atom is 0.150 e. The van der Waals surface area contributed by atoms with Crippen LogP contribution in [-0.2, 0) is 6.54 Å². The maximum absolute atomic E-state index is 4.54. The Kier molecular flexibility index (Phi) is 3.07. The minimum Gasteiger partial charge on any atom is -0.312 e. The highest BCUT2D eigenvalue weighted by Crippen LogP contribution is 2.54. The van der Waals surface area contributed by atoms with Gasteiger partial charge in [-0.1, -0.05) is 44.2 Å². The number of hydrogen-bond acceptors (Lipinski definition) is 3. The summed E-state index contributed by atoms with van der Waals surface area (Å²) in [5, 5.41) is 12.6. The first-order valence-electron chi connectivity index (χ1n) is 7.97. The van der Waals surface area contributed by atoms with Gasteiger partial charge in [-0.2, -0.15) is 0 Å². The molecular formula is C17H22N4. The quantitative estimate of drug-likeness (QED) is 0.941. The summed E-state index contributed by atoms with van der Waals surface area (Å²) < 4.78 is 2.37. The summed E-state index contributed by atoms with van der Waals surface area (Å²) in [7, 11) is 0. The topological polar surface area (TPSA) is 42.7 Å². The molecule has 110 valence electrons. The van der Waals surface area contributed by atoms with Crippen LogP contribution < -0.4 is 5.32 Å². The van der Waals surface area contributed by atoms with Gasteiger partial charge in [-0.05, 0) is 23.8 Å². The zero-order chi connectivity index (χ0) is 14.4. The summed E-state index contributed by atoms with van der Waals surface area (Å²) in [5.41, 5.74) is 1.44. The molecule has 1 fully saturated rings. The number of benzene rings is 1. The van der Waals surface area contributed by atoms with Crippen LogP contribution in [0.1, 0.15) is 55.4 Å². The zero-order valence-corrected chi connectivity index (χ0v) is 12.7. The lowest BCUT2D eigenvalue weighted by atomic mass is 10.0. The Hall–Kier alpha value is -1.68. The Bertz CT molecular complexity index is 631. The van der Waals surface area contributed by atoms with Gasteiger partial charge in [0.05, 0.1) is 6.04 Å². The largest absolute Gasteiger partial charge is 0.312 e. The Morgan fingerprint density at radius 2 is 1.86 bits per heavy atom. The Labute approximate surface area is 125 Å². The predicted molar refractivity (Wildman–Crippen MR) is 82.1 cm³/mol. The van der Waals surface area contributed by atoms with Crippen molar-refractivity contribution in [3.63, 3.8) is 0 Å². The first-order valence-corrected chi connectivity index (χ1v) is 7.97. The standard InChI is InChI=1S/C17H22N4/c1-11(2)15-17-20-19-16(21(17)9-8-18-15)14-10-13(14)12-6-4-3-5-7-12/h3-7,11,13-15,18H,8-10H2,1-2H3. The summed E-state index contributed by atoms with van der Waals surface area (Å²) >= 11 is 0. The van der Waals surface area contributed by atoms with E-state index in [1.807, 2.05) is 0 Å². The lowest BCUT2D eigenvalue weighted by molar-refractivity contribution is 0.335. The van der Waals surface area contributed by atoms with E-state index in [4.69, 9.17) is 0 Å². The van der Waals surface area contributed by atoms with Crippen molar-refractivity contribution < 1.29 is 0 Å². The van der Waals surface area contributed by atoms with E-state index in [0.717, 1.165) is 18.9 Å². The van der Waals surface area contributed by atoms with Crippen LogP contribution in [0.4, 0.5) is 0 Å². The lowest BCUT2D eigenvalue weighted by Crippen LogP contribution is -2.36. The Balaban J connectivity index is 1.61. The minimum atomic E-state index is 0.342. The molecule has 1 aromatic heterocycles. The van der Waals surface area contributed by atoms with E-state index >= 15 is 0 Å². The number of aromatic nitrogens is 3. The van der Waals surface area contributed by atoms with Crippen molar-refractivity contribution in [1.82, 2.24) is 20.1 Å². The van der Waals surface area contributed by atoms with Crippen LogP contribution in [0, 0.1) is 5.92 Å². The molecule has 0 spiro atoms. The molecule has 1 aliphatic carbocycles. The molecule has 1 N–H and O–H groups in total. The number of nitrogens with zero attached hydrogens (tertiary/aromatic N) is 3. The Morgan fingerprint density at radius 3 is 2.62 bits per heavy atom. The second-order valence-corrected chi connectivity index (χ2v) is 6.60. The third-order valence-electron chi connectivity index (χ3n) is 4.80. The highest BCUT2D eigenvalue weighted by atomic mass is 15.3. The van der Waals surface area contributed by atoms with Crippen LogP contribution in [0.2, 0.25) is 0 Å². The zero-order valence-electron chi connectivity index (χ0n) is 12.7. The smallest absolute Gasteiger partial charge is 0.150 e. The summed E-state index contributed by atoms with van der Waals surface area (Å²) in [6.45, 7) is 6.50. The van der Waals surface area contributed by atoms with Crippen molar-refractivity contribution in [1.29, 1.82) is 0 Å². The average Bonchev–Trinajstić information content (AvgIpc) is 3.19. The van der Waals surface area contributed by atoms with Crippen molar-refractivity contribution in [3.8, 4) is 0 Å². The monoisotopic (exact) mass is 282 g/mol. The van der Waals surface area contributed by atoms with Crippen LogP contribution in [0.25, 0.3) is 0 Å². The van der Waals surface area contributed by atoms with Crippen LogP contribution >= 0.6 is 0 Å². The molecule has 4 nitrogen and oxygen atoms in total. The van der Waals surface area contributed by atoms with E-state index < -0.39 is 0 Å². The molecule has 2 aromatic rings. The van der Waals surface area contributed by atoms with Gasteiger partial charge in [-0.25, -0.2) is 0 Å². The molecule has 3 unspecified atom stereocenters. The second kappa shape index (κ2) is 4.95. The van der Waals surface area contributed by atoms with E-state index in [0.29, 0.717) is 23.8 Å². The molecule has 1 aliphatic heterocycles. The minimum absolute atomic E-state index is 0.342. The number of nitrogens with one attached hydrogen (secondary N) is 1. The fourth-order valence-electron chi connectivity index (χ4n) is 3.57. The molecule has 0 radical (unpaired) electrons. The van der Waals surface area contributed by atoms with Crippen LogP contribution in [-0.4, -0.2) is 21.3 Å². The van der Waals surface area contributed by atoms with E-state index in [2.05, 4.69) is 64.3 Å². The first kappa shape index (κ1) is 13.0. The normalized spacial score (nSPS) is 27.7. The number of rotatable bonds is 3. The van der Waals surface area contributed by atoms with Crippen molar-refractivity contribution in [2.45, 2.75) is 44.7 Å². The molecule has 2 aliphatic rings. The highest BCUT2D eigenvalue weighted by molar-refractivity contribution is 5.31. The third-order valence-corrected chi connectivity index (χ3v) is 4.80. The van der Waals surface area contributed by atoms with Gasteiger partial charge in [0.1, 0.15) is 5.82 Å². The van der Waals surface area contributed by atoms with Crippen LogP contribution in [0.3, 0.4) is 0 Å². The number of fused-ring (bicyclic) bond motifs is 1. The van der Waals surface area contributed by atoms with Crippen LogP contribution in [0.15, 0.2) is 30.3 Å². The van der Waals surface area contributed by atoms with E-state index in [1.165, 1.54) is 17.8 Å². The number of hydrogen-bond donors (Lipinski definition) is 1. The highest BCUT2D eigenvalue weighted by Gasteiger charge is 2.44. The predicted octanol–water partition coefficient (Wildman–Crippen LogP) is 2.85. The van der Waals surface area contributed by atoms with Gasteiger partial charge < -0.3 is 9.88 Å². The Morgan fingerprint density at radius 1 is 1.10 bits per heavy atom. The molecule has 21 heavy (non-hydrogen) atoms. The van der Waals surface area contributed by atoms with Crippen molar-refractivity contribution >= 4 is 0 Å². The average molecular weight is 282 g/mol. The maximum atomic E-state index is 4.54. The third kappa shape index (κ3) is 2.18. The van der Waals surface area contributed by atoms with Crippen LogP contribution in [0.5, 0.6) is 0 Å². The van der Waals surface area contributed by atoms with Gasteiger partial charge in [0.2, 0.25) is 0 Å². The van der Waals surface area contributed by atoms with Gasteiger partial charge in [0.15, 0.2) is 5.82 Å². The van der Waals surface area contributed by atoms with Gasteiger partial charge in [0, 0.05) is 19.0 Å². The van der Waals surface area contributed by atoms with Gasteiger partial charge in [-0.3, -0.25) is 0 Å². The van der Waals surface area contributed by atoms with E-state index in [1.54, 1.807) is 0 Å². The molecule has 0 amide bonds. The van der Waals surface area contributed by atoms with E-state index in [9.17, 15) is 0 Å². The molecule has 4 rings (SSSR count). The molecule has 1 aromatic carbocycles. The van der Waals surface area contributed by atoms with Gasteiger partial charge in [0.25, 0.3) is 0 Å². The van der Waals surface area contributed by atoms with Crippen molar-refractivity contribution in [3.05, 3.63) is 47.5 Å². The van der Waals surface area contributed by atoms with Crippen molar-refractivity contribution in [2.24, 2.45) is 5.92 Å². The molecular weight excluding hydrogens is 260 g/mol. The fourth-order valence-corrected chi connectivity index (χ4v) is 3.57. The lowest BCUT2D eigenvalue weighted by Gasteiger charge is -2.27. The van der Waals surface area contributed by atoms with Gasteiger partial charge >= 0.3 is 0 Å². The molecule has 0 bridgehead atoms. The molecule has 4 heteroatoms. The van der Waals surface area contributed by atoms with Gasteiger partial charge in [-0.15, -0.1) is 10.2 Å². The molecule has 1 saturated carbocycles. The fraction of sp³-hybridized carbons (Fsp3) is 0.529. The second-order valence-electron chi connectivity index (χ2n) is 6.60. The van der Waals surface area contributed by atoms with E-state index in [-0.39, 0.29) is 0 Å². The summed E-state index contributed by atoms with van der Waals surface area (Å²) in [4.78, 5) is 0. The summed E-state index contributed by atoms with van der Waals surface area (Å²) in [6, 6.07) is 11.1. The molecule has 2 heterocycles.